The third kappa shape index (κ3) is 6.22. The summed E-state index contributed by atoms with van der Waals surface area (Å²) < 4.78 is 25.8. The maximum absolute atomic E-state index is 15.4. The van der Waals surface area contributed by atoms with E-state index in [1.165, 1.54) is 17.0 Å². The van der Waals surface area contributed by atoms with Crippen molar-refractivity contribution in [1.29, 1.82) is 0 Å². The fraction of sp³-hybridized carbons (Fsp3) is 0.212. The maximum atomic E-state index is 15.4. The maximum Gasteiger partial charge on any atom is 0.514 e. The molecular weight excluding hydrogens is 604 g/mol. The summed E-state index contributed by atoms with van der Waals surface area (Å²) >= 11 is 0. The minimum atomic E-state index is -2.48. The van der Waals surface area contributed by atoms with Gasteiger partial charge in [0.15, 0.2) is 11.5 Å². The Morgan fingerprint density at radius 2 is 1.32 bits per heavy atom. The number of hydrogen-bond donors (Lipinski definition) is 0. The second kappa shape index (κ2) is 12.5. The fourth-order valence-corrected chi connectivity index (χ4v) is 10.3. The monoisotopic (exact) mass is 635 g/mol. The van der Waals surface area contributed by atoms with Crippen LogP contribution in [-0.4, -0.2) is 29.9 Å². The van der Waals surface area contributed by atoms with Gasteiger partial charge in [-0.15, -0.1) is 0 Å². The Morgan fingerprint density at radius 1 is 0.829 bits per heavy atom. The molecule has 1 amide bonds. The normalized spacial score (nSPS) is 15.3. The van der Waals surface area contributed by atoms with E-state index in [-0.39, 0.29) is 40.0 Å². The summed E-state index contributed by atoms with van der Waals surface area (Å²) in [6.45, 7) is 5.53. The Balaban J connectivity index is 0.00000387. The van der Waals surface area contributed by atoms with Crippen LogP contribution < -0.4 is 42.5 Å². The van der Waals surface area contributed by atoms with E-state index in [9.17, 15) is 9.59 Å². The van der Waals surface area contributed by atoms with Gasteiger partial charge in [0.05, 0.1) is 5.69 Å². The molecular formula is C33H32BrFNO4P. The molecule has 4 aromatic carbocycles. The van der Waals surface area contributed by atoms with Gasteiger partial charge in [-0.2, -0.15) is 0 Å². The van der Waals surface area contributed by atoms with E-state index in [0.29, 0.717) is 13.0 Å². The van der Waals surface area contributed by atoms with Crippen LogP contribution in [0, 0.1) is 5.82 Å². The zero-order valence-electron chi connectivity index (χ0n) is 23.2. The number of amides is 1. The van der Waals surface area contributed by atoms with Crippen molar-refractivity contribution in [3.05, 3.63) is 115 Å². The number of halogens is 2. The van der Waals surface area contributed by atoms with Crippen molar-refractivity contribution in [3.8, 4) is 5.75 Å². The van der Waals surface area contributed by atoms with Gasteiger partial charge in [0, 0.05) is 19.0 Å². The number of ether oxygens (including phenoxy) is 2. The predicted molar refractivity (Wildman–Crippen MR) is 159 cm³/mol. The summed E-state index contributed by atoms with van der Waals surface area (Å²) in [7, 11) is -2.48. The van der Waals surface area contributed by atoms with Crippen LogP contribution in [0.1, 0.15) is 27.2 Å². The van der Waals surface area contributed by atoms with E-state index < -0.39 is 24.8 Å². The second-order valence-corrected chi connectivity index (χ2v) is 14.3. The highest BCUT2D eigenvalue weighted by molar-refractivity contribution is 7.97. The molecule has 212 valence electrons. The van der Waals surface area contributed by atoms with Crippen LogP contribution in [-0.2, 0) is 9.53 Å². The average Bonchev–Trinajstić information content (AvgIpc) is 3.31. The molecule has 1 atom stereocenters. The molecule has 0 saturated carbocycles. The summed E-state index contributed by atoms with van der Waals surface area (Å²) in [5, 5.41) is 3.32. The Kier molecular flexibility index (Phi) is 9.31. The van der Waals surface area contributed by atoms with Crippen molar-refractivity contribution in [2.24, 2.45) is 0 Å². The van der Waals surface area contributed by atoms with Gasteiger partial charge in [0.2, 0.25) is 0 Å². The molecule has 5 rings (SSSR count). The smallest absolute Gasteiger partial charge is 0.514 e. The largest absolute Gasteiger partial charge is 1.00 e. The molecule has 41 heavy (non-hydrogen) atoms. The van der Waals surface area contributed by atoms with Gasteiger partial charge in [-0.1, -0.05) is 54.6 Å². The lowest BCUT2D eigenvalue weighted by molar-refractivity contribution is -0.116. The standard InChI is InChI=1S/C33H32FNO4P.BrH/c1-33(2,3)39-32(37)38-24-19-20-29(28(34)23-24)35-22-21-30(31(35)36)40(25-13-7-4-8-14-25,26-15-9-5-10-16-26)27-17-11-6-12-18-27;/h4-20,23,30H,21-22H2,1-3H3;1H/q+1;/p-1/t30-;/m1./s1. The van der Waals surface area contributed by atoms with Crippen LogP contribution in [0.4, 0.5) is 14.9 Å². The van der Waals surface area contributed by atoms with E-state index in [2.05, 4.69) is 36.4 Å². The molecule has 0 unspecified atom stereocenters. The van der Waals surface area contributed by atoms with Crippen LogP contribution >= 0.6 is 7.26 Å². The highest BCUT2D eigenvalue weighted by Gasteiger charge is 2.59. The second-order valence-electron chi connectivity index (χ2n) is 10.7. The number of anilines is 1. The van der Waals surface area contributed by atoms with Gasteiger partial charge in [-0.3, -0.25) is 4.79 Å². The van der Waals surface area contributed by atoms with Crippen molar-refractivity contribution in [2.45, 2.75) is 38.5 Å². The first-order valence-corrected chi connectivity index (χ1v) is 15.1. The summed E-state index contributed by atoms with van der Waals surface area (Å²) in [5.74, 6) is -0.749. The van der Waals surface area contributed by atoms with Crippen LogP contribution in [0.5, 0.6) is 5.75 Å². The van der Waals surface area contributed by atoms with Crippen molar-refractivity contribution in [1.82, 2.24) is 0 Å². The average molecular weight is 636 g/mol. The van der Waals surface area contributed by atoms with Crippen molar-refractivity contribution < 1.29 is 40.4 Å². The number of carbonyl (C=O) groups excluding carboxylic acids is 2. The van der Waals surface area contributed by atoms with E-state index in [1.807, 2.05) is 54.6 Å². The molecule has 1 aliphatic heterocycles. The minimum absolute atomic E-state index is 0. The molecule has 1 saturated heterocycles. The van der Waals surface area contributed by atoms with Gasteiger partial charge < -0.3 is 31.4 Å². The van der Waals surface area contributed by atoms with E-state index in [1.54, 1.807) is 20.8 Å². The molecule has 0 radical (unpaired) electrons. The van der Waals surface area contributed by atoms with Crippen LogP contribution in [0.3, 0.4) is 0 Å². The van der Waals surface area contributed by atoms with Gasteiger partial charge in [0.1, 0.15) is 34.5 Å². The molecule has 1 heterocycles. The van der Waals surface area contributed by atoms with Crippen molar-refractivity contribution in [2.75, 3.05) is 11.4 Å². The SMILES string of the molecule is CC(C)(C)OC(=O)Oc1ccc(N2CC[C@@H]([P+](c3ccccc3)(c3ccccc3)c3ccccc3)C2=O)c(F)c1.[Br-]. The lowest BCUT2D eigenvalue weighted by atomic mass is 10.2. The first-order valence-electron chi connectivity index (χ1n) is 13.3. The van der Waals surface area contributed by atoms with Crippen LogP contribution in [0.25, 0.3) is 0 Å². The third-order valence-corrected chi connectivity index (χ3v) is 11.7. The number of nitrogens with zero attached hydrogens (tertiary/aromatic N) is 1. The number of rotatable bonds is 6. The minimum Gasteiger partial charge on any atom is -1.00 e. The molecule has 0 aliphatic carbocycles. The van der Waals surface area contributed by atoms with Crippen molar-refractivity contribution >= 4 is 40.9 Å². The molecule has 1 fully saturated rings. The van der Waals surface area contributed by atoms with E-state index in [0.717, 1.165) is 22.0 Å². The first-order chi connectivity index (χ1) is 19.2. The van der Waals surface area contributed by atoms with Gasteiger partial charge in [-0.05, 0) is 69.3 Å². The Morgan fingerprint density at radius 3 is 1.76 bits per heavy atom. The lowest BCUT2D eigenvalue weighted by Gasteiger charge is -2.32. The van der Waals surface area contributed by atoms with Gasteiger partial charge in [0.25, 0.3) is 5.91 Å². The highest BCUT2D eigenvalue weighted by atomic mass is 79.9. The summed E-state index contributed by atoms with van der Waals surface area (Å²) in [5.41, 5.74) is -0.952. The molecule has 4 aromatic rings. The van der Waals surface area contributed by atoms with Gasteiger partial charge in [-0.25, -0.2) is 9.18 Å². The number of carbonyl (C=O) groups is 2. The third-order valence-electron chi connectivity index (χ3n) is 6.94. The van der Waals surface area contributed by atoms with Crippen molar-refractivity contribution in [3.63, 3.8) is 0 Å². The van der Waals surface area contributed by atoms with E-state index in [4.69, 9.17) is 9.47 Å². The molecule has 0 bridgehead atoms. The molecule has 0 aromatic heterocycles. The molecule has 0 spiro atoms. The molecule has 8 heteroatoms. The number of hydrogen-bond acceptors (Lipinski definition) is 4. The Bertz CT molecular complexity index is 1400. The van der Waals surface area contributed by atoms with Crippen LogP contribution in [0.15, 0.2) is 109 Å². The number of benzene rings is 4. The first kappa shape index (κ1) is 30.4. The summed E-state index contributed by atoms with van der Waals surface area (Å²) in [6.07, 6.45) is -0.346. The molecule has 0 N–H and O–H groups in total. The molecule has 5 nitrogen and oxygen atoms in total. The predicted octanol–water partition coefficient (Wildman–Crippen LogP) is 3.24. The lowest BCUT2D eigenvalue weighted by Crippen LogP contribution is -3.00. The van der Waals surface area contributed by atoms with Gasteiger partial charge >= 0.3 is 6.16 Å². The summed E-state index contributed by atoms with van der Waals surface area (Å²) in [4.78, 5) is 27.9. The molecule has 1 aliphatic rings. The zero-order chi connectivity index (χ0) is 28.3. The fourth-order valence-electron chi connectivity index (χ4n) is 5.38. The quantitative estimate of drug-likeness (QED) is 0.186. The zero-order valence-corrected chi connectivity index (χ0v) is 25.6. The Labute approximate surface area is 251 Å². The highest BCUT2D eigenvalue weighted by Crippen LogP contribution is 2.62. The Hall–Kier alpha value is -3.54. The topological polar surface area (TPSA) is 55.8 Å². The summed E-state index contributed by atoms with van der Waals surface area (Å²) in [6, 6.07) is 34.7. The van der Waals surface area contributed by atoms with Crippen LogP contribution in [0.2, 0.25) is 0 Å². The van der Waals surface area contributed by atoms with E-state index >= 15 is 4.39 Å².